The summed E-state index contributed by atoms with van der Waals surface area (Å²) in [5, 5.41) is 22.1. The van der Waals surface area contributed by atoms with Crippen LogP contribution in [-0.4, -0.2) is 5.91 Å². The second kappa shape index (κ2) is 7.34. The Labute approximate surface area is 151 Å². The summed E-state index contributed by atoms with van der Waals surface area (Å²) in [6, 6.07) is 11.8. The summed E-state index contributed by atoms with van der Waals surface area (Å²) in [6.45, 7) is 1.98. The van der Waals surface area contributed by atoms with Crippen molar-refractivity contribution >= 4 is 28.3 Å². The molecule has 0 unspecified atom stereocenters. The predicted molar refractivity (Wildman–Crippen MR) is 99.1 cm³/mol. The molecule has 0 aliphatic heterocycles. The van der Waals surface area contributed by atoms with Gasteiger partial charge in [0.1, 0.15) is 22.7 Å². The molecule has 3 rings (SSSR count). The lowest BCUT2D eigenvalue weighted by molar-refractivity contribution is -0.112. The van der Waals surface area contributed by atoms with Crippen molar-refractivity contribution in [3.05, 3.63) is 57.0 Å². The minimum absolute atomic E-state index is 0.0270. The summed E-state index contributed by atoms with van der Waals surface area (Å²) in [7, 11) is 0. The minimum atomic E-state index is -0.474. The molecule has 0 saturated heterocycles. The fourth-order valence-electron chi connectivity index (χ4n) is 2.92. The van der Waals surface area contributed by atoms with Crippen LogP contribution in [0.1, 0.15) is 40.0 Å². The van der Waals surface area contributed by atoms with Gasteiger partial charge in [0.05, 0.1) is 5.56 Å². The quantitative estimate of drug-likeness (QED) is 0.662. The van der Waals surface area contributed by atoms with Crippen LogP contribution >= 0.6 is 11.3 Å². The zero-order valence-corrected chi connectivity index (χ0v) is 14.7. The second-order valence-corrected chi connectivity index (χ2v) is 7.17. The lowest BCUT2D eigenvalue weighted by atomic mass is 9.96. The van der Waals surface area contributed by atoms with Crippen LogP contribution in [0.4, 0.5) is 5.00 Å². The number of anilines is 1. The number of thiophene rings is 1. The van der Waals surface area contributed by atoms with E-state index in [4.69, 9.17) is 0 Å². The van der Waals surface area contributed by atoms with Crippen LogP contribution in [0.5, 0.6) is 0 Å². The topological polar surface area (TPSA) is 76.7 Å². The predicted octanol–water partition coefficient (Wildman–Crippen LogP) is 4.35. The molecule has 124 valence electrons. The number of aryl methyl sites for hydroxylation is 2. The molecule has 0 atom stereocenters. The van der Waals surface area contributed by atoms with Gasteiger partial charge in [-0.25, -0.2) is 0 Å². The van der Waals surface area contributed by atoms with Crippen LogP contribution in [0, 0.1) is 29.6 Å². The van der Waals surface area contributed by atoms with Crippen molar-refractivity contribution in [3.63, 3.8) is 0 Å². The summed E-state index contributed by atoms with van der Waals surface area (Å²) < 4.78 is 0. The maximum atomic E-state index is 12.5. The Hall–Kier alpha value is -2.89. The first-order chi connectivity index (χ1) is 12.1. The molecular weight excluding hydrogens is 330 g/mol. The van der Waals surface area contributed by atoms with E-state index in [1.165, 1.54) is 16.2 Å². The van der Waals surface area contributed by atoms with E-state index in [1.54, 1.807) is 6.08 Å². The van der Waals surface area contributed by atoms with Gasteiger partial charge in [-0.2, -0.15) is 10.5 Å². The van der Waals surface area contributed by atoms with E-state index < -0.39 is 5.91 Å². The smallest absolute Gasteiger partial charge is 0.266 e. The molecule has 1 aromatic carbocycles. The van der Waals surface area contributed by atoms with Gasteiger partial charge in [0.2, 0.25) is 0 Å². The molecule has 1 aliphatic rings. The third kappa shape index (κ3) is 3.63. The van der Waals surface area contributed by atoms with Gasteiger partial charge in [-0.1, -0.05) is 29.8 Å². The molecule has 5 heteroatoms. The van der Waals surface area contributed by atoms with Gasteiger partial charge in [-0.15, -0.1) is 11.3 Å². The molecule has 1 aromatic heterocycles. The van der Waals surface area contributed by atoms with Crippen molar-refractivity contribution in [1.82, 2.24) is 0 Å². The van der Waals surface area contributed by atoms with Gasteiger partial charge in [0.15, 0.2) is 0 Å². The molecular formula is C20H17N3OS. The number of rotatable bonds is 3. The van der Waals surface area contributed by atoms with E-state index >= 15 is 0 Å². The molecule has 25 heavy (non-hydrogen) atoms. The number of fused-ring (bicyclic) bond motifs is 1. The van der Waals surface area contributed by atoms with Crippen LogP contribution in [0.25, 0.3) is 6.08 Å². The Morgan fingerprint density at radius 3 is 2.60 bits per heavy atom. The standard InChI is InChI=1S/C20H17N3OS/c1-13-6-8-14(9-7-13)10-15(11-21)19(24)23-20-17(12-22)16-4-2-3-5-18(16)25-20/h6-10H,2-5H2,1H3,(H,23,24). The van der Waals surface area contributed by atoms with Crippen LogP contribution in [0.3, 0.4) is 0 Å². The highest BCUT2D eigenvalue weighted by molar-refractivity contribution is 7.16. The second-order valence-electron chi connectivity index (χ2n) is 6.06. The van der Waals surface area contributed by atoms with Crippen molar-refractivity contribution < 1.29 is 4.79 Å². The number of amides is 1. The monoisotopic (exact) mass is 347 g/mol. The van der Waals surface area contributed by atoms with Crippen molar-refractivity contribution in [2.24, 2.45) is 0 Å². The molecule has 1 N–H and O–H groups in total. The number of carbonyl (C=O) groups excluding carboxylic acids is 1. The fraction of sp³-hybridized carbons (Fsp3) is 0.250. The SMILES string of the molecule is Cc1ccc(C=C(C#N)C(=O)Nc2sc3c(c2C#N)CCCC3)cc1. The first-order valence-corrected chi connectivity index (χ1v) is 8.98. The number of nitrogens with zero attached hydrogens (tertiary/aromatic N) is 2. The molecule has 1 aliphatic carbocycles. The number of nitrogens with one attached hydrogen (secondary N) is 1. The normalized spacial score (nSPS) is 13.5. The molecule has 1 heterocycles. The lowest BCUT2D eigenvalue weighted by Gasteiger charge is -2.09. The highest BCUT2D eigenvalue weighted by Gasteiger charge is 2.22. The van der Waals surface area contributed by atoms with Crippen LogP contribution in [0.15, 0.2) is 29.8 Å². The van der Waals surface area contributed by atoms with E-state index in [-0.39, 0.29) is 5.57 Å². The average Bonchev–Trinajstić information content (AvgIpc) is 2.98. The summed E-state index contributed by atoms with van der Waals surface area (Å²) in [6.07, 6.45) is 5.59. The first kappa shape index (κ1) is 17.0. The Balaban J connectivity index is 1.86. The molecule has 0 fully saturated rings. The Morgan fingerprint density at radius 1 is 1.20 bits per heavy atom. The number of hydrogen-bond donors (Lipinski definition) is 1. The number of nitriles is 2. The molecule has 2 aromatic rings. The van der Waals surface area contributed by atoms with Crippen LogP contribution in [-0.2, 0) is 17.6 Å². The average molecular weight is 347 g/mol. The molecule has 0 radical (unpaired) electrons. The van der Waals surface area contributed by atoms with Crippen molar-refractivity contribution in [2.45, 2.75) is 32.6 Å². The van der Waals surface area contributed by atoms with Gasteiger partial charge in [-0.05, 0) is 49.8 Å². The summed E-state index contributed by atoms with van der Waals surface area (Å²) in [4.78, 5) is 13.7. The zero-order chi connectivity index (χ0) is 17.8. The Morgan fingerprint density at radius 2 is 1.92 bits per heavy atom. The van der Waals surface area contributed by atoms with E-state index in [0.717, 1.165) is 42.4 Å². The molecule has 0 bridgehead atoms. The van der Waals surface area contributed by atoms with E-state index in [9.17, 15) is 15.3 Å². The zero-order valence-electron chi connectivity index (χ0n) is 13.9. The number of carbonyl (C=O) groups is 1. The number of hydrogen-bond acceptors (Lipinski definition) is 4. The highest BCUT2D eigenvalue weighted by Crippen LogP contribution is 2.37. The Kier molecular flexibility index (Phi) is 4.97. The van der Waals surface area contributed by atoms with Crippen molar-refractivity contribution in [3.8, 4) is 12.1 Å². The molecule has 1 amide bonds. The maximum absolute atomic E-state index is 12.5. The summed E-state index contributed by atoms with van der Waals surface area (Å²) >= 11 is 1.46. The molecule has 0 spiro atoms. The largest absolute Gasteiger partial charge is 0.312 e. The van der Waals surface area contributed by atoms with E-state index in [1.807, 2.05) is 37.3 Å². The third-order valence-electron chi connectivity index (χ3n) is 4.26. The summed E-state index contributed by atoms with van der Waals surface area (Å²) in [5.74, 6) is -0.474. The van der Waals surface area contributed by atoms with E-state index in [2.05, 4.69) is 11.4 Å². The van der Waals surface area contributed by atoms with Crippen molar-refractivity contribution in [1.29, 1.82) is 10.5 Å². The van der Waals surface area contributed by atoms with Gasteiger partial charge in [-0.3, -0.25) is 4.79 Å². The molecule has 0 saturated carbocycles. The van der Waals surface area contributed by atoms with Crippen LogP contribution in [0.2, 0.25) is 0 Å². The number of benzene rings is 1. The van der Waals surface area contributed by atoms with Gasteiger partial charge >= 0.3 is 0 Å². The maximum Gasteiger partial charge on any atom is 0.266 e. The third-order valence-corrected chi connectivity index (χ3v) is 5.47. The summed E-state index contributed by atoms with van der Waals surface area (Å²) in [5.41, 5.74) is 3.56. The fourth-order valence-corrected chi connectivity index (χ4v) is 4.16. The Bertz CT molecular complexity index is 924. The van der Waals surface area contributed by atoms with Crippen LogP contribution < -0.4 is 5.32 Å². The van der Waals surface area contributed by atoms with Gasteiger partial charge in [0.25, 0.3) is 5.91 Å². The lowest BCUT2D eigenvalue weighted by Crippen LogP contribution is -2.13. The van der Waals surface area contributed by atoms with E-state index in [0.29, 0.717) is 10.6 Å². The first-order valence-electron chi connectivity index (χ1n) is 8.17. The van der Waals surface area contributed by atoms with Crippen molar-refractivity contribution in [2.75, 3.05) is 5.32 Å². The minimum Gasteiger partial charge on any atom is -0.312 e. The van der Waals surface area contributed by atoms with Gasteiger partial charge < -0.3 is 5.32 Å². The highest BCUT2D eigenvalue weighted by atomic mass is 32.1. The molecule has 4 nitrogen and oxygen atoms in total. The van der Waals surface area contributed by atoms with Gasteiger partial charge in [0, 0.05) is 4.88 Å².